The van der Waals surface area contributed by atoms with Crippen LogP contribution in [0.3, 0.4) is 0 Å². The lowest BCUT2D eigenvalue weighted by molar-refractivity contribution is 0.122. The van der Waals surface area contributed by atoms with Crippen LogP contribution in [-0.4, -0.2) is 58.1 Å². The molecule has 0 unspecified atom stereocenters. The lowest BCUT2D eigenvalue weighted by atomic mass is 10.2. The molecule has 0 radical (unpaired) electrons. The van der Waals surface area contributed by atoms with E-state index in [4.69, 9.17) is 9.47 Å². The molecule has 1 saturated heterocycles. The second-order valence-corrected chi connectivity index (χ2v) is 8.74. The van der Waals surface area contributed by atoms with Crippen LogP contribution in [0.1, 0.15) is 37.9 Å². The van der Waals surface area contributed by atoms with E-state index in [1.54, 1.807) is 18.0 Å². The zero-order chi connectivity index (χ0) is 22.4. The lowest BCUT2D eigenvalue weighted by Crippen LogP contribution is -2.37. The first-order chi connectivity index (χ1) is 14.8. The molecule has 8 nitrogen and oxygen atoms in total. The summed E-state index contributed by atoms with van der Waals surface area (Å²) in [5.41, 5.74) is 3.52. The van der Waals surface area contributed by atoms with Crippen LogP contribution in [-0.2, 0) is 11.8 Å². The van der Waals surface area contributed by atoms with Crippen molar-refractivity contribution >= 4 is 17.0 Å². The number of morpholine rings is 1. The largest absolute Gasteiger partial charge is 0.480 e. The van der Waals surface area contributed by atoms with Gasteiger partial charge in [0.25, 0.3) is 0 Å². The maximum absolute atomic E-state index is 5.40. The summed E-state index contributed by atoms with van der Waals surface area (Å²) in [6.07, 6.45) is 6.54. The molecule has 1 aliphatic carbocycles. The molecule has 5 rings (SSSR count). The zero-order valence-corrected chi connectivity index (χ0v) is 19.6. The number of hydrogen-bond acceptors (Lipinski definition) is 7. The van der Waals surface area contributed by atoms with E-state index in [9.17, 15) is 0 Å². The standard InChI is InChI=1S/C14H18N4O2.C5H10.C4H6N2/c1-9-8-11-12(15-10(9)2)16-14(17-13(11)19-3)18-4-6-20-7-5-18;1-5(2)3-4-5;1-6-4-2-3-5-6/h8H,4-7H2,1-3H3;3-4H2,1-2H3;2-4H,1H3. The van der Waals surface area contributed by atoms with Gasteiger partial charge in [-0.25, -0.2) is 4.98 Å². The quantitative estimate of drug-likeness (QED) is 0.618. The predicted molar refractivity (Wildman–Crippen MR) is 123 cm³/mol. The lowest BCUT2D eigenvalue weighted by Gasteiger charge is -2.27. The molecule has 8 heteroatoms. The number of nitrogens with zero attached hydrogens (tertiary/aromatic N) is 6. The third-order valence-corrected chi connectivity index (χ3v) is 5.46. The van der Waals surface area contributed by atoms with Gasteiger partial charge in [-0.1, -0.05) is 13.8 Å². The Labute approximate surface area is 184 Å². The highest BCUT2D eigenvalue weighted by Crippen LogP contribution is 2.43. The van der Waals surface area contributed by atoms with Gasteiger partial charge in [0.2, 0.25) is 11.8 Å². The van der Waals surface area contributed by atoms with Crippen LogP contribution in [0.5, 0.6) is 5.88 Å². The van der Waals surface area contributed by atoms with Crippen molar-refractivity contribution in [2.75, 3.05) is 38.3 Å². The Kier molecular flexibility index (Phi) is 7.43. The molecule has 0 aromatic carbocycles. The fourth-order valence-electron chi connectivity index (χ4n) is 2.86. The van der Waals surface area contributed by atoms with Gasteiger partial charge in [-0.3, -0.25) is 4.68 Å². The van der Waals surface area contributed by atoms with Crippen molar-refractivity contribution in [3.05, 3.63) is 35.8 Å². The predicted octanol–water partition coefficient (Wildman–Crippen LogP) is 3.71. The van der Waals surface area contributed by atoms with Crippen molar-refractivity contribution in [3.63, 3.8) is 0 Å². The van der Waals surface area contributed by atoms with Gasteiger partial charge in [-0.2, -0.15) is 15.1 Å². The van der Waals surface area contributed by atoms with Crippen LogP contribution in [0, 0.1) is 19.3 Å². The van der Waals surface area contributed by atoms with Gasteiger partial charge in [-0.15, -0.1) is 0 Å². The molecule has 1 saturated carbocycles. The molecule has 3 aromatic rings. The van der Waals surface area contributed by atoms with Gasteiger partial charge >= 0.3 is 0 Å². The van der Waals surface area contributed by atoms with Gasteiger partial charge in [0.05, 0.1) is 25.7 Å². The Morgan fingerprint density at radius 2 is 1.74 bits per heavy atom. The minimum atomic E-state index is 0.576. The first-order valence-corrected chi connectivity index (χ1v) is 10.8. The van der Waals surface area contributed by atoms with E-state index >= 15 is 0 Å². The van der Waals surface area contributed by atoms with E-state index in [0.717, 1.165) is 35.1 Å². The number of fused-ring (bicyclic) bond motifs is 1. The molecule has 0 bridgehead atoms. The summed E-state index contributed by atoms with van der Waals surface area (Å²) in [5.74, 6) is 1.24. The summed E-state index contributed by atoms with van der Waals surface area (Å²) in [5, 5.41) is 4.69. The summed E-state index contributed by atoms with van der Waals surface area (Å²) in [6.45, 7) is 11.6. The normalized spacial score (nSPS) is 16.6. The Balaban J connectivity index is 0.000000201. The summed E-state index contributed by atoms with van der Waals surface area (Å²) in [7, 11) is 3.51. The third kappa shape index (κ3) is 6.62. The fourth-order valence-corrected chi connectivity index (χ4v) is 2.86. The molecule has 0 N–H and O–H groups in total. The van der Waals surface area contributed by atoms with Gasteiger partial charge in [0, 0.05) is 38.2 Å². The number of aromatic nitrogens is 5. The Morgan fingerprint density at radius 1 is 1.06 bits per heavy atom. The highest BCUT2D eigenvalue weighted by molar-refractivity contribution is 5.82. The number of hydrogen-bond donors (Lipinski definition) is 0. The number of aryl methyl sites for hydroxylation is 3. The van der Waals surface area contributed by atoms with E-state index in [1.165, 1.54) is 12.8 Å². The molecule has 2 aliphatic rings. The number of anilines is 1. The second-order valence-electron chi connectivity index (χ2n) is 8.74. The summed E-state index contributed by atoms with van der Waals surface area (Å²) >= 11 is 0. The first kappa shape index (κ1) is 22.9. The smallest absolute Gasteiger partial charge is 0.230 e. The topological polar surface area (TPSA) is 78.2 Å². The number of ether oxygens (including phenoxy) is 2. The highest BCUT2D eigenvalue weighted by atomic mass is 16.5. The van der Waals surface area contributed by atoms with Crippen molar-refractivity contribution in [1.82, 2.24) is 24.7 Å². The minimum Gasteiger partial charge on any atom is -0.480 e. The van der Waals surface area contributed by atoms with Crippen LogP contribution >= 0.6 is 0 Å². The van der Waals surface area contributed by atoms with Crippen LogP contribution < -0.4 is 9.64 Å². The third-order valence-electron chi connectivity index (χ3n) is 5.46. The monoisotopic (exact) mass is 426 g/mol. The second kappa shape index (κ2) is 10.0. The number of rotatable bonds is 2. The Bertz CT molecular complexity index is 975. The van der Waals surface area contributed by atoms with Crippen molar-refractivity contribution in [3.8, 4) is 5.88 Å². The molecule has 0 spiro atoms. The van der Waals surface area contributed by atoms with Crippen molar-refractivity contribution in [2.45, 2.75) is 40.5 Å². The maximum Gasteiger partial charge on any atom is 0.230 e. The van der Waals surface area contributed by atoms with E-state index in [1.807, 2.05) is 39.2 Å². The molecule has 3 aromatic heterocycles. The molecule has 31 heavy (non-hydrogen) atoms. The van der Waals surface area contributed by atoms with Gasteiger partial charge in [0.1, 0.15) is 0 Å². The first-order valence-electron chi connectivity index (χ1n) is 10.8. The molecule has 0 amide bonds. The van der Waals surface area contributed by atoms with E-state index in [-0.39, 0.29) is 0 Å². The van der Waals surface area contributed by atoms with E-state index < -0.39 is 0 Å². The number of methoxy groups -OCH3 is 1. The van der Waals surface area contributed by atoms with Crippen molar-refractivity contribution in [1.29, 1.82) is 0 Å². The van der Waals surface area contributed by atoms with Crippen LogP contribution in [0.15, 0.2) is 24.5 Å². The zero-order valence-electron chi connectivity index (χ0n) is 19.6. The van der Waals surface area contributed by atoms with Gasteiger partial charge in [0.15, 0.2) is 5.65 Å². The van der Waals surface area contributed by atoms with Crippen molar-refractivity contribution < 1.29 is 9.47 Å². The van der Waals surface area contributed by atoms with Crippen LogP contribution in [0.4, 0.5) is 5.95 Å². The van der Waals surface area contributed by atoms with Gasteiger partial charge < -0.3 is 14.4 Å². The summed E-state index contributed by atoms with van der Waals surface area (Å²) in [4.78, 5) is 15.7. The maximum atomic E-state index is 5.40. The van der Waals surface area contributed by atoms with Gasteiger partial charge in [-0.05, 0) is 49.8 Å². The molecular weight excluding hydrogens is 392 g/mol. The molecular formula is C23H34N6O2. The molecule has 1 aliphatic heterocycles. The number of pyridine rings is 1. The van der Waals surface area contributed by atoms with E-state index in [0.29, 0.717) is 30.7 Å². The van der Waals surface area contributed by atoms with Crippen LogP contribution in [0.2, 0.25) is 0 Å². The summed E-state index contributed by atoms with van der Waals surface area (Å²) < 4.78 is 12.5. The van der Waals surface area contributed by atoms with Crippen LogP contribution in [0.25, 0.3) is 11.0 Å². The van der Waals surface area contributed by atoms with E-state index in [2.05, 4.69) is 38.8 Å². The minimum absolute atomic E-state index is 0.576. The Morgan fingerprint density at radius 3 is 2.23 bits per heavy atom. The molecule has 168 valence electrons. The SMILES string of the molecule is CC1(C)CC1.COc1nc(N2CCOCC2)nc2nc(C)c(C)cc12.Cn1cccn1. The molecule has 0 atom stereocenters. The summed E-state index contributed by atoms with van der Waals surface area (Å²) in [6, 6.07) is 3.92. The fraction of sp³-hybridized carbons (Fsp3) is 0.565. The molecule has 4 heterocycles. The Hall–Kier alpha value is -2.74. The molecule has 2 fully saturated rings. The average molecular weight is 427 g/mol. The average Bonchev–Trinajstić information content (AvgIpc) is 3.24. The van der Waals surface area contributed by atoms with Crippen molar-refractivity contribution in [2.24, 2.45) is 12.5 Å². The highest BCUT2D eigenvalue weighted by Gasteiger charge is 2.30.